The first-order valence-corrected chi connectivity index (χ1v) is 6.72. The number of anilines is 1. The van der Waals surface area contributed by atoms with Crippen LogP contribution in [0, 0.1) is 0 Å². The highest BCUT2D eigenvalue weighted by molar-refractivity contribution is 9.10. The molecule has 5 heteroatoms. The number of nitrogens with zero attached hydrogens (tertiary/aromatic N) is 2. The number of hydrogen-bond donors (Lipinski definition) is 1. The molecule has 1 aromatic heterocycles. The van der Waals surface area contributed by atoms with Gasteiger partial charge in [0.15, 0.2) is 0 Å². The zero-order valence-corrected chi connectivity index (χ0v) is 12.7. The van der Waals surface area contributed by atoms with E-state index >= 15 is 0 Å². The third-order valence-electron chi connectivity index (χ3n) is 2.65. The number of ether oxygens (including phenoxy) is 1. The van der Waals surface area contributed by atoms with Crippen LogP contribution in [0.4, 0.5) is 5.95 Å². The second-order valence-electron chi connectivity index (χ2n) is 5.26. The summed E-state index contributed by atoms with van der Waals surface area (Å²) in [5, 5.41) is 0. The third kappa shape index (κ3) is 3.44. The molecule has 0 radical (unpaired) electrons. The van der Waals surface area contributed by atoms with Crippen molar-refractivity contribution in [3.05, 3.63) is 40.5 Å². The van der Waals surface area contributed by atoms with Crippen LogP contribution in [0.2, 0.25) is 0 Å². The number of hydrogen-bond acceptors (Lipinski definition) is 4. The summed E-state index contributed by atoms with van der Waals surface area (Å²) in [6.45, 7) is 6.47. The second kappa shape index (κ2) is 5.17. The fourth-order valence-corrected chi connectivity index (χ4v) is 1.85. The number of halogens is 1. The number of benzene rings is 1. The van der Waals surface area contributed by atoms with Crippen LogP contribution in [0.15, 0.2) is 34.9 Å². The molecule has 1 heterocycles. The number of nitrogen functional groups attached to an aromatic ring is 1. The molecule has 0 aliphatic rings. The topological polar surface area (TPSA) is 61.0 Å². The average Bonchev–Trinajstić information content (AvgIpc) is 2.33. The first-order chi connectivity index (χ1) is 8.86. The molecule has 2 rings (SSSR count). The Morgan fingerprint density at radius 2 is 2.00 bits per heavy atom. The van der Waals surface area contributed by atoms with Crippen LogP contribution in [-0.4, -0.2) is 9.97 Å². The van der Waals surface area contributed by atoms with Gasteiger partial charge in [-0.15, -0.1) is 0 Å². The molecule has 0 saturated heterocycles. The minimum Gasteiger partial charge on any atom is -0.438 e. The molecule has 0 bridgehead atoms. The Labute approximate surface area is 121 Å². The van der Waals surface area contributed by atoms with E-state index in [1.54, 1.807) is 6.20 Å². The van der Waals surface area contributed by atoms with E-state index < -0.39 is 0 Å². The van der Waals surface area contributed by atoms with Gasteiger partial charge in [-0.25, -0.2) is 4.98 Å². The lowest BCUT2D eigenvalue weighted by Gasteiger charge is -2.19. The van der Waals surface area contributed by atoms with E-state index in [1.807, 2.05) is 18.2 Å². The predicted octanol–water partition coefficient (Wildman–Crippen LogP) is 3.91. The molecule has 0 saturated carbocycles. The quantitative estimate of drug-likeness (QED) is 0.910. The first-order valence-electron chi connectivity index (χ1n) is 5.92. The molecular formula is C14H16BrN3O. The maximum atomic E-state index is 5.75. The van der Waals surface area contributed by atoms with E-state index in [4.69, 9.17) is 10.5 Å². The van der Waals surface area contributed by atoms with Crippen molar-refractivity contribution in [1.82, 2.24) is 9.97 Å². The van der Waals surface area contributed by atoms with Crippen LogP contribution in [0.5, 0.6) is 11.6 Å². The van der Waals surface area contributed by atoms with Gasteiger partial charge in [-0.1, -0.05) is 32.9 Å². The fourth-order valence-electron chi connectivity index (χ4n) is 1.57. The van der Waals surface area contributed by atoms with E-state index in [-0.39, 0.29) is 11.4 Å². The van der Waals surface area contributed by atoms with Gasteiger partial charge in [0.25, 0.3) is 0 Å². The van der Waals surface area contributed by atoms with Crippen LogP contribution in [0.3, 0.4) is 0 Å². The molecule has 0 aliphatic heterocycles. The first kappa shape index (κ1) is 13.8. The standard InChI is InChI=1S/C14H16BrN3O/c1-14(2,3)9-5-4-6-10(7-9)19-12-11(15)8-17-13(16)18-12/h4-8H,1-3H3,(H2,16,17,18). The molecule has 1 aromatic carbocycles. The minimum absolute atomic E-state index is 0.0707. The molecule has 0 spiro atoms. The fraction of sp³-hybridized carbons (Fsp3) is 0.286. The summed E-state index contributed by atoms with van der Waals surface area (Å²) < 4.78 is 6.42. The van der Waals surface area contributed by atoms with Crippen LogP contribution < -0.4 is 10.5 Å². The summed E-state index contributed by atoms with van der Waals surface area (Å²) in [5.41, 5.74) is 6.83. The molecular weight excluding hydrogens is 306 g/mol. The van der Waals surface area contributed by atoms with Gasteiger partial charge in [0.05, 0.1) is 10.7 Å². The molecule has 2 N–H and O–H groups in total. The molecule has 100 valence electrons. The molecule has 0 atom stereocenters. The predicted molar refractivity (Wildman–Crippen MR) is 79.4 cm³/mol. The second-order valence-corrected chi connectivity index (χ2v) is 6.12. The molecule has 0 amide bonds. The van der Waals surface area contributed by atoms with Crippen molar-refractivity contribution < 1.29 is 4.74 Å². The van der Waals surface area contributed by atoms with Gasteiger partial charge in [0.2, 0.25) is 11.8 Å². The molecule has 19 heavy (non-hydrogen) atoms. The third-order valence-corrected chi connectivity index (χ3v) is 3.19. The maximum absolute atomic E-state index is 5.75. The normalized spacial score (nSPS) is 11.4. The van der Waals surface area contributed by atoms with E-state index in [2.05, 4.69) is 52.7 Å². The van der Waals surface area contributed by atoms with Gasteiger partial charge in [-0.2, -0.15) is 4.98 Å². The molecule has 4 nitrogen and oxygen atoms in total. The smallest absolute Gasteiger partial charge is 0.238 e. The van der Waals surface area contributed by atoms with Crippen molar-refractivity contribution >= 4 is 21.9 Å². The summed E-state index contributed by atoms with van der Waals surface area (Å²) in [4.78, 5) is 7.94. The number of aromatic nitrogens is 2. The molecule has 2 aromatic rings. The highest BCUT2D eigenvalue weighted by Crippen LogP contribution is 2.30. The lowest BCUT2D eigenvalue weighted by atomic mass is 9.87. The maximum Gasteiger partial charge on any atom is 0.238 e. The van der Waals surface area contributed by atoms with Gasteiger partial charge < -0.3 is 10.5 Å². The highest BCUT2D eigenvalue weighted by atomic mass is 79.9. The Morgan fingerprint density at radius 1 is 1.26 bits per heavy atom. The van der Waals surface area contributed by atoms with Gasteiger partial charge in [0, 0.05) is 0 Å². The van der Waals surface area contributed by atoms with Crippen molar-refractivity contribution in [2.45, 2.75) is 26.2 Å². The Bertz CT molecular complexity index is 593. The van der Waals surface area contributed by atoms with Crippen molar-refractivity contribution in [1.29, 1.82) is 0 Å². The van der Waals surface area contributed by atoms with Crippen molar-refractivity contribution in [3.8, 4) is 11.6 Å². The largest absolute Gasteiger partial charge is 0.438 e. The van der Waals surface area contributed by atoms with Crippen LogP contribution in [-0.2, 0) is 5.41 Å². The molecule has 0 unspecified atom stereocenters. The number of nitrogens with two attached hydrogens (primary N) is 1. The van der Waals surface area contributed by atoms with Gasteiger partial charge in [0.1, 0.15) is 5.75 Å². The summed E-state index contributed by atoms with van der Waals surface area (Å²) in [6, 6.07) is 7.94. The SMILES string of the molecule is CC(C)(C)c1cccc(Oc2nc(N)ncc2Br)c1. The van der Waals surface area contributed by atoms with E-state index in [0.717, 1.165) is 5.75 Å². The van der Waals surface area contributed by atoms with E-state index in [0.29, 0.717) is 10.4 Å². The van der Waals surface area contributed by atoms with Gasteiger partial charge in [-0.3, -0.25) is 0 Å². The Hall–Kier alpha value is -1.62. The highest BCUT2D eigenvalue weighted by Gasteiger charge is 2.14. The Morgan fingerprint density at radius 3 is 2.68 bits per heavy atom. The van der Waals surface area contributed by atoms with E-state index in [1.165, 1.54) is 5.56 Å². The average molecular weight is 322 g/mol. The Kier molecular flexibility index (Phi) is 3.75. The van der Waals surface area contributed by atoms with Crippen molar-refractivity contribution in [2.75, 3.05) is 5.73 Å². The summed E-state index contributed by atoms with van der Waals surface area (Å²) >= 11 is 3.34. The Balaban J connectivity index is 2.31. The van der Waals surface area contributed by atoms with Crippen LogP contribution in [0.25, 0.3) is 0 Å². The van der Waals surface area contributed by atoms with Gasteiger partial charge in [-0.05, 0) is 39.0 Å². The zero-order chi connectivity index (χ0) is 14.0. The minimum atomic E-state index is 0.0707. The monoisotopic (exact) mass is 321 g/mol. The molecule has 0 aliphatic carbocycles. The van der Waals surface area contributed by atoms with Crippen molar-refractivity contribution in [3.63, 3.8) is 0 Å². The lowest BCUT2D eigenvalue weighted by Crippen LogP contribution is -2.10. The van der Waals surface area contributed by atoms with E-state index in [9.17, 15) is 0 Å². The number of rotatable bonds is 2. The summed E-state index contributed by atoms with van der Waals surface area (Å²) in [5.74, 6) is 1.33. The summed E-state index contributed by atoms with van der Waals surface area (Å²) in [7, 11) is 0. The zero-order valence-electron chi connectivity index (χ0n) is 11.1. The van der Waals surface area contributed by atoms with Crippen LogP contribution >= 0.6 is 15.9 Å². The lowest BCUT2D eigenvalue weighted by molar-refractivity contribution is 0.456. The van der Waals surface area contributed by atoms with Crippen molar-refractivity contribution in [2.24, 2.45) is 0 Å². The summed E-state index contributed by atoms with van der Waals surface area (Å²) in [6.07, 6.45) is 1.57. The molecule has 0 fully saturated rings. The van der Waals surface area contributed by atoms with Gasteiger partial charge >= 0.3 is 0 Å². The van der Waals surface area contributed by atoms with Crippen LogP contribution in [0.1, 0.15) is 26.3 Å².